The van der Waals surface area contributed by atoms with Gasteiger partial charge >= 0.3 is 51.4 Å². The number of rotatable bonds is 1. The van der Waals surface area contributed by atoms with Crippen LogP contribution in [0.3, 0.4) is 0 Å². The van der Waals surface area contributed by atoms with Gasteiger partial charge in [-0.15, -0.1) is 0 Å². The summed E-state index contributed by atoms with van der Waals surface area (Å²) in [5.41, 5.74) is 0. The third kappa shape index (κ3) is 2.58. The fraction of sp³-hybridized carbons (Fsp3) is 1.00. The van der Waals surface area contributed by atoms with Gasteiger partial charge in [0.15, 0.2) is 0 Å². The van der Waals surface area contributed by atoms with Gasteiger partial charge in [0.2, 0.25) is 0 Å². The zero-order chi connectivity index (χ0) is 4.57. The van der Waals surface area contributed by atoms with Crippen molar-refractivity contribution in [2.24, 2.45) is 0 Å². The minimum absolute atomic E-state index is 0. The van der Waals surface area contributed by atoms with E-state index in [1.165, 1.54) is 6.42 Å². The molecule has 2 atom stereocenters. The molecule has 0 aromatic rings. The van der Waals surface area contributed by atoms with Crippen LogP contribution in [0.4, 0.5) is 0 Å². The number of hydrogen-bond acceptors (Lipinski definition) is 1. The summed E-state index contributed by atoms with van der Waals surface area (Å²) in [5, 5.41) is 0. The fourth-order valence-corrected chi connectivity index (χ4v) is 0.659. The van der Waals surface area contributed by atoms with Crippen molar-refractivity contribution < 1.29 is 4.74 Å². The summed E-state index contributed by atoms with van der Waals surface area (Å²) in [5.74, 6) is 0. The molecule has 0 spiro atoms. The van der Waals surface area contributed by atoms with Gasteiger partial charge in [-0.25, -0.2) is 0 Å². The summed E-state index contributed by atoms with van der Waals surface area (Å²) < 4.78 is 5.07. The molecule has 0 amide bonds. The molecule has 0 N–H and O–H groups in total. The minimum atomic E-state index is 0. The monoisotopic (exact) mass is 126 g/mol. The van der Waals surface area contributed by atoms with Crippen molar-refractivity contribution in [1.82, 2.24) is 0 Å². The van der Waals surface area contributed by atoms with E-state index < -0.39 is 0 Å². The Bertz CT molecular complexity index is 54.0. The summed E-state index contributed by atoms with van der Waals surface area (Å²) >= 11 is 0. The Morgan fingerprint density at radius 1 is 1.57 bits per heavy atom. The maximum absolute atomic E-state index is 5.07. The molecule has 38 valence electrons. The van der Waals surface area contributed by atoms with Gasteiger partial charge in [0.1, 0.15) is 0 Å². The molecule has 0 radical (unpaired) electrons. The van der Waals surface area contributed by atoms with E-state index in [0.717, 1.165) is 0 Å². The topological polar surface area (TPSA) is 12.5 Å². The molecule has 0 saturated carbocycles. The first-order valence-electron chi connectivity index (χ1n) is 2.50. The van der Waals surface area contributed by atoms with Crippen LogP contribution in [-0.4, -0.2) is 63.6 Å². The number of epoxide rings is 1. The zero-order valence-corrected chi connectivity index (χ0v) is 4.27. The molecule has 0 aromatic heterocycles. The van der Waals surface area contributed by atoms with Gasteiger partial charge in [-0.05, 0) is 13.3 Å². The molecule has 1 rings (SSSR count). The quantitative estimate of drug-likeness (QED) is 0.369. The molecule has 1 saturated heterocycles. The van der Waals surface area contributed by atoms with Crippen molar-refractivity contribution in [2.45, 2.75) is 32.5 Å². The second kappa shape index (κ2) is 3.59. The predicted molar refractivity (Wildman–Crippen MR) is 31.8 cm³/mol. The van der Waals surface area contributed by atoms with Crippen molar-refractivity contribution in [1.29, 1.82) is 0 Å². The van der Waals surface area contributed by atoms with E-state index in [1.54, 1.807) is 0 Å². The molecule has 0 aromatic carbocycles. The Morgan fingerprint density at radius 2 is 2.00 bits per heavy atom. The Hall–Kier alpha value is 1.60. The van der Waals surface area contributed by atoms with Crippen LogP contribution in [0.1, 0.15) is 20.3 Å². The van der Waals surface area contributed by atoms with E-state index >= 15 is 0 Å². The zero-order valence-electron chi connectivity index (χ0n) is 4.27. The Labute approximate surface area is 87.2 Å². The molecule has 1 fully saturated rings. The van der Waals surface area contributed by atoms with E-state index in [-0.39, 0.29) is 51.4 Å². The van der Waals surface area contributed by atoms with Crippen LogP contribution >= 0.6 is 0 Å². The van der Waals surface area contributed by atoms with E-state index in [0.29, 0.717) is 12.2 Å². The third-order valence-electron chi connectivity index (χ3n) is 1.24. The molecule has 2 unspecified atom stereocenters. The van der Waals surface area contributed by atoms with Gasteiger partial charge in [-0.2, -0.15) is 0 Å². The molecule has 0 bridgehead atoms. The van der Waals surface area contributed by atoms with Crippen LogP contribution in [0.2, 0.25) is 0 Å². The first-order valence-corrected chi connectivity index (χ1v) is 2.50. The second-order valence-electron chi connectivity index (χ2n) is 1.79. The molecule has 1 aliphatic rings. The van der Waals surface area contributed by atoms with Gasteiger partial charge in [-0.1, -0.05) is 6.92 Å². The van der Waals surface area contributed by atoms with Gasteiger partial charge in [0, 0.05) is 0 Å². The summed E-state index contributed by atoms with van der Waals surface area (Å²) in [6, 6.07) is 0. The number of hydrogen-bond donors (Lipinski definition) is 0. The van der Waals surface area contributed by atoms with Crippen LogP contribution < -0.4 is 0 Å². The molecule has 0 aliphatic carbocycles. The maximum atomic E-state index is 5.07. The Kier molecular flexibility index (Phi) is 4.41. The van der Waals surface area contributed by atoms with Crippen molar-refractivity contribution in [3.8, 4) is 0 Å². The predicted octanol–water partition coefficient (Wildman–Crippen LogP) is 0.535. The Balaban J connectivity index is 0.000000360. The summed E-state index contributed by atoms with van der Waals surface area (Å²) in [4.78, 5) is 0. The summed E-state index contributed by atoms with van der Waals surface area (Å²) in [6.45, 7) is 4.25. The first-order chi connectivity index (χ1) is 2.84. The second-order valence-corrected chi connectivity index (χ2v) is 1.79. The van der Waals surface area contributed by atoms with E-state index in [9.17, 15) is 0 Å². The summed E-state index contributed by atoms with van der Waals surface area (Å²) in [6.07, 6.45) is 2.35. The Morgan fingerprint density at radius 3 is 2.00 bits per heavy atom. The van der Waals surface area contributed by atoms with Crippen LogP contribution in [0.25, 0.3) is 0 Å². The third-order valence-corrected chi connectivity index (χ3v) is 1.24. The molecule has 7 heavy (non-hydrogen) atoms. The van der Waals surface area contributed by atoms with Crippen LogP contribution in [0.15, 0.2) is 0 Å². The van der Waals surface area contributed by atoms with Crippen molar-refractivity contribution in [2.75, 3.05) is 0 Å². The van der Waals surface area contributed by atoms with E-state index in [4.69, 9.17) is 4.74 Å². The van der Waals surface area contributed by atoms with Crippen molar-refractivity contribution in [3.63, 3.8) is 0 Å². The van der Waals surface area contributed by atoms with Gasteiger partial charge in [0.25, 0.3) is 0 Å². The van der Waals surface area contributed by atoms with Gasteiger partial charge in [-0.3, -0.25) is 0 Å². The van der Waals surface area contributed by atoms with Gasteiger partial charge < -0.3 is 4.74 Å². The molecule has 1 nitrogen and oxygen atoms in total. The molecule has 2 heteroatoms. The van der Waals surface area contributed by atoms with Crippen LogP contribution in [0.5, 0.6) is 0 Å². The molecule has 1 aliphatic heterocycles. The molecular formula is C5H11KO. The normalized spacial score (nSPS) is 36.9. The standard InChI is InChI=1S/C5H10O.K.H/c1-3-5-4(2)6-5;;/h4-5H,3H2,1-2H3;;. The van der Waals surface area contributed by atoms with Crippen molar-refractivity contribution >= 4 is 51.4 Å². The van der Waals surface area contributed by atoms with E-state index in [1.807, 2.05) is 0 Å². The average molecular weight is 126 g/mol. The van der Waals surface area contributed by atoms with Crippen molar-refractivity contribution in [3.05, 3.63) is 0 Å². The molecular weight excluding hydrogens is 115 g/mol. The summed E-state index contributed by atoms with van der Waals surface area (Å²) in [7, 11) is 0. The average Bonchev–Trinajstić information content (AvgIpc) is 2.19. The first kappa shape index (κ1) is 8.60. The molecule has 1 heterocycles. The van der Waals surface area contributed by atoms with Crippen LogP contribution in [-0.2, 0) is 4.74 Å². The fourth-order valence-electron chi connectivity index (χ4n) is 0.659. The SMILES string of the molecule is CCC1OC1C.[KH]. The van der Waals surface area contributed by atoms with Gasteiger partial charge in [0.05, 0.1) is 12.2 Å². The number of ether oxygens (including phenoxy) is 1. The van der Waals surface area contributed by atoms with E-state index in [2.05, 4.69) is 13.8 Å². The van der Waals surface area contributed by atoms with Crippen LogP contribution in [0, 0.1) is 0 Å².